The van der Waals surface area contributed by atoms with Gasteiger partial charge in [0, 0.05) is 25.7 Å². The minimum atomic E-state index is -4.95. The number of esters is 4. The molecule has 0 amide bonds. The third-order valence-electron chi connectivity index (χ3n) is 15.3. The molecule has 3 N–H and O–H groups in total. The summed E-state index contributed by atoms with van der Waals surface area (Å²) in [5, 5.41) is 10.5. The molecule has 83 heavy (non-hydrogen) atoms. The van der Waals surface area contributed by atoms with Crippen molar-refractivity contribution in [3.63, 3.8) is 0 Å². The number of phosphoric acid groups is 2. The lowest BCUT2D eigenvalue weighted by molar-refractivity contribution is -0.161. The van der Waals surface area contributed by atoms with Gasteiger partial charge < -0.3 is 33.8 Å². The zero-order chi connectivity index (χ0) is 61.8. The number of rotatable bonds is 61. The van der Waals surface area contributed by atoms with Crippen LogP contribution in [-0.4, -0.2) is 96.7 Å². The first-order valence-electron chi connectivity index (χ1n) is 33.3. The maximum absolute atomic E-state index is 13.0. The molecule has 0 aromatic heterocycles. The molecule has 0 bridgehead atoms. The van der Waals surface area contributed by atoms with Crippen molar-refractivity contribution in [3.8, 4) is 0 Å². The Balaban J connectivity index is 5.25. The summed E-state index contributed by atoms with van der Waals surface area (Å²) >= 11 is 0. The minimum absolute atomic E-state index is 0.101. The maximum Gasteiger partial charge on any atom is 0.472 e. The summed E-state index contributed by atoms with van der Waals surface area (Å²) in [7, 11) is -9.89. The monoisotopic (exact) mass is 1230 g/mol. The van der Waals surface area contributed by atoms with Gasteiger partial charge in [0.1, 0.15) is 19.3 Å². The number of ether oxygens (including phenoxy) is 4. The Morgan fingerprint density at radius 3 is 0.855 bits per heavy atom. The van der Waals surface area contributed by atoms with Crippen LogP contribution in [0.5, 0.6) is 0 Å². The molecule has 7 atom stereocenters. The topological polar surface area (TPSA) is 237 Å². The summed E-state index contributed by atoms with van der Waals surface area (Å²) in [6.45, 7) is 13.9. The molecule has 0 saturated heterocycles. The molecule has 0 radical (unpaired) electrons. The van der Waals surface area contributed by atoms with Crippen LogP contribution in [0, 0.1) is 23.7 Å². The SMILES string of the molecule is CCC(C)CCCCCCCCC(=O)O[C@H](COC(=O)CCCCCCCCCCCCC(C)C)COP(=O)(O)OCC(O)COP(=O)(O)OC[C@@H](COC(=O)CCCCCCCCCC(C)C)OC(=O)CCCCCCCCC(C)CC. The Labute approximate surface area is 505 Å². The summed E-state index contributed by atoms with van der Waals surface area (Å²) in [5.74, 6) is 0.760. The summed E-state index contributed by atoms with van der Waals surface area (Å²) in [6.07, 6.45) is 33.6. The number of aliphatic hydroxyl groups excluding tert-OH is 1. The van der Waals surface area contributed by atoms with Crippen LogP contribution in [-0.2, 0) is 65.4 Å². The predicted molar refractivity (Wildman–Crippen MR) is 331 cm³/mol. The molecule has 0 rings (SSSR count). The van der Waals surface area contributed by atoms with Crippen molar-refractivity contribution >= 4 is 39.5 Å². The Kier molecular flexibility index (Phi) is 53.0. The van der Waals surface area contributed by atoms with Crippen molar-refractivity contribution in [2.24, 2.45) is 23.7 Å². The molecule has 0 aliphatic rings. The van der Waals surface area contributed by atoms with Gasteiger partial charge in [0.25, 0.3) is 0 Å². The number of hydrogen-bond acceptors (Lipinski definition) is 15. The third kappa shape index (κ3) is 56.3. The van der Waals surface area contributed by atoms with E-state index in [0.717, 1.165) is 114 Å². The van der Waals surface area contributed by atoms with Crippen molar-refractivity contribution in [1.82, 2.24) is 0 Å². The van der Waals surface area contributed by atoms with Gasteiger partial charge in [-0.25, -0.2) is 9.13 Å². The molecule has 0 aliphatic carbocycles. The van der Waals surface area contributed by atoms with Crippen molar-refractivity contribution in [3.05, 3.63) is 0 Å². The molecule has 19 heteroatoms. The number of aliphatic hydroxyl groups is 1. The van der Waals surface area contributed by atoms with Gasteiger partial charge in [0.15, 0.2) is 12.2 Å². The van der Waals surface area contributed by atoms with Crippen molar-refractivity contribution in [1.29, 1.82) is 0 Å². The average molecular weight is 1230 g/mol. The summed E-state index contributed by atoms with van der Waals surface area (Å²) in [4.78, 5) is 72.2. The van der Waals surface area contributed by atoms with Gasteiger partial charge in [-0.2, -0.15) is 0 Å². The first kappa shape index (κ1) is 81.1. The van der Waals surface area contributed by atoms with Crippen LogP contribution in [0.2, 0.25) is 0 Å². The van der Waals surface area contributed by atoms with Crippen molar-refractivity contribution < 1.29 is 80.2 Å². The van der Waals surface area contributed by atoms with E-state index in [-0.39, 0.29) is 25.7 Å². The minimum Gasteiger partial charge on any atom is -0.462 e. The highest BCUT2D eigenvalue weighted by Crippen LogP contribution is 2.45. The highest BCUT2D eigenvalue weighted by atomic mass is 31.2. The fourth-order valence-electron chi connectivity index (χ4n) is 9.36. The van der Waals surface area contributed by atoms with Crippen LogP contribution in [0.3, 0.4) is 0 Å². The molecular weight excluding hydrogens is 1100 g/mol. The van der Waals surface area contributed by atoms with Crippen molar-refractivity contribution in [2.45, 2.75) is 324 Å². The van der Waals surface area contributed by atoms with Gasteiger partial charge in [-0.15, -0.1) is 0 Å². The zero-order valence-corrected chi connectivity index (χ0v) is 55.6. The van der Waals surface area contributed by atoms with E-state index in [1.165, 1.54) is 103 Å². The quantitative estimate of drug-likeness (QED) is 0.0222. The lowest BCUT2D eigenvalue weighted by atomic mass is 10.00. The van der Waals surface area contributed by atoms with Crippen LogP contribution < -0.4 is 0 Å². The predicted octanol–water partition coefficient (Wildman–Crippen LogP) is 17.4. The van der Waals surface area contributed by atoms with Crippen molar-refractivity contribution in [2.75, 3.05) is 39.6 Å². The van der Waals surface area contributed by atoms with E-state index in [0.29, 0.717) is 31.6 Å². The fraction of sp³-hybridized carbons (Fsp3) is 0.938. The molecule has 492 valence electrons. The van der Waals surface area contributed by atoms with Gasteiger partial charge in [0.2, 0.25) is 0 Å². The highest BCUT2D eigenvalue weighted by Gasteiger charge is 2.30. The number of unbranched alkanes of at least 4 members (excludes halogenated alkanes) is 25. The molecule has 0 fully saturated rings. The zero-order valence-electron chi connectivity index (χ0n) is 53.8. The largest absolute Gasteiger partial charge is 0.472 e. The van der Waals surface area contributed by atoms with E-state index in [1.54, 1.807) is 0 Å². The van der Waals surface area contributed by atoms with E-state index in [9.17, 15) is 43.2 Å². The molecular formula is C64H124O17P2. The van der Waals surface area contributed by atoms with Crippen LogP contribution in [0.25, 0.3) is 0 Å². The first-order valence-corrected chi connectivity index (χ1v) is 36.3. The van der Waals surface area contributed by atoms with E-state index >= 15 is 0 Å². The number of carbonyl (C=O) groups excluding carboxylic acids is 4. The summed E-state index contributed by atoms with van der Waals surface area (Å²) in [5.41, 5.74) is 0. The van der Waals surface area contributed by atoms with E-state index in [1.807, 2.05) is 0 Å². The molecule has 0 aromatic rings. The molecule has 17 nitrogen and oxygen atoms in total. The lowest BCUT2D eigenvalue weighted by Gasteiger charge is -2.21. The van der Waals surface area contributed by atoms with Gasteiger partial charge in [-0.05, 0) is 49.4 Å². The van der Waals surface area contributed by atoms with Crippen LogP contribution in [0.4, 0.5) is 0 Å². The lowest BCUT2D eigenvalue weighted by Crippen LogP contribution is -2.30. The standard InChI is InChI=1S/C64H124O17P2/c1-9-56(7)42-34-26-20-22-30-38-46-63(68)80-59(50-74-61(66)44-36-28-18-14-12-11-13-16-24-32-40-54(3)4)52-78-82(70,71)76-48-58(65)49-77-83(72,73)79-53-60(81-64(69)47-39-31-23-21-27-35-43-57(8)10-2)51-75-62(67)45-37-29-19-15-17-25-33-41-55(5)6/h54-60,65H,9-53H2,1-8H3,(H,70,71)(H,72,73)/t56?,57?,58?,59-,60-/m1/s1. The second-order valence-corrected chi connectivity index (χ2v) is 27.5. The third-order valence-corrected chi connectivity index (χ3v) is 17.2. The van der Waals surface area contributed by atoms with Crippen LogP contribution >= 0.6 is 15.6 Å². The van der Waals surface area contributed by atoms with Crippen LogP contribution in [0.1, 0.15) is 306 Å². The van der Waals surface area contributed by atoms with Gasteiger partial charge in [-0.1, -0.05) is 254 Å². The number of phosphoric ester groups is 2. The highest BCUT2D eigenvalue weighted by molar-refractivity contribution is 7.47. The van der Waals surface area contributed by atoms with Gasteiger partial charge in [0.05, 0.1) is 26.4 Å². The Morgan fingerprint density at radius 2 is 0.578 bits per heavy atom. The molecule has 0 spiro atoms. The van der Waals surface area contributed by atoms with E-state index < -0.39 is 97.5 Å². The molecule has 0 aliphatic heterocycles. The maximum atomic E-state index is 13.0. The molecule has 0 heterocycles. The average Bonchev–Trinajstić information content (AvgIpc) is 3.45. The van der Waals surface area contributed by atoms with Crippen LogP contribution in [0.15, 0.2) is 0 Å². The van der Waals surface area contributed by atoms with E-state index in [4.69, 9.17) is 37.0 Å². The smallest absolute Gasteiger partial charge is 0.462 e. The number of carbonyl (C=O) groups is 4. The fourth-order valence-corrected chi connectivity index (χ4v) is 10.9. The summed E-state index contributed by atoms with van der Waals surface area (Å²) in [6, 6.07) is 0. The van der Waals surface area contributed by atoms with E-state index in [2.05, 4.69) is 55.4 Å². The second-order valence-electron chi connectivity index (χ2n) is 24.6. The Hall–Kier alpha value is -1.94. The summed E-state index contributed by atoms with van der Waals surface area (Å²) < 4.78 is 68.0. The molecule has 0 aromatic carbocycles. The Morgan fingerprint density at radius 1 is 0.337 bits per heavy atom. The molecule has 0 saturated carbocycles. The number of hydrogen-bond donors (Lipinski definition) is 3. The molecule has 5 unspecified atom stereocenters. The Bertz CT molecular complexity index is 1670. The second kappa shape index (κ2) is 54.2. The van der Waals surface area contributed by atoms with Gasteiger partial charge >= 0.3 is 39.5 Å². The first-order chi connectivity index (χ1) is 39.7. The normalized spacial score (nSPS) is 15.1. The van der Waals surface area contributed by atoms with Gasteiger partial charge in [-0.3, -0.25) is 37.3 Å².